The third-order valence-electron chi connectivity index (χ3n) is 8.42. The predicted molar refractivity (Wildman–Crippen MR) is 157 cm³/mol. The molecule has 0 radical (unpaired) electrons. The van der Waals surface area contributed by atoms with Gasteiger partial charge in [0.2, 0.25) is 6.29 Å². The van der Waals surface area contributed by atoms with Crippen molar-refractivity contribution in [2.45, 2.75) is 86.0 Å². The van der Waals surface area contributed by atoms with E-state index in [2.05, 4.69) is 9.05 Å². The van der Waals surface area contributed by atoms with Gasteiger partial charge in [0.25, 0.3) is 0 Å². The Morgan fingerprint density at radius 1 is 0.679 bits per heavy atom. The Bertz CT molecular complexity index is 1610. The van der Waals surface area contributed by atoms with Gasteiger partial charge in [-0.2, -0.15) is 0 Å². The maximum absolute atomic E-state index is 11.7. The molecule has 56 heavy (non-hydrogen) atoms. The van der Waals surface area contributed by atoms with Crippen LogP contribution in [-0.2, 0) is 41.9 Å². The molecule has 3 aliphatic heterocycles. The first-order chi connectivity index (χ1) is 24.4. The molecule has 7 N–H and O–H groups in total. The second-order valence-corrected chi connectivity index (χ2v) is 14.2. The van der Waals surface area contributed by atoms with Crippen molar-refractivity contribution in [3.63, 3.8) is 0 Å². The molecule has 0 aromatic heterocycles. The summed E-state index contributed by atoms with van der Waals surface area (Å²) < 4.78 is 70.0. The maximum Gasteiger partial charge on any atom is 1.00 e. The maximum atomic E-state index is 11.7. The van der Waals surface area contributed by atoms with Gasteiger partial charge in [0, 0.05) is 0 Å². The molecule has 3 aliphatic rings. The van der Waals surface area contributed by atoms with Crippen molar-refractivity contribution in [2.24, 2.45) is 0 Å². The second kappa shape index (κ2) is 24.2. The molecule has 22 nitrogen and oxygen atoms in total. The summed E-state index contributed by atoms with van der Waals surface area (Å²) >= 11 is 0. The van der Waals surface area contributed by atoms with Gasteiger partial charge in [0.1, 0.15) is 72.5 Å². The van der Waals surface area contributed by atoms with Crippen LogP contribution in [0.5, 0.6) is 11.5 Å². The van der Waals surface area contributed by atoms with E-state index >= 15 is 0 Å². The van der Waals surface area contributed by atoms with E-state index in [9.17, 15) is 64.4 Å². The molecule has 0 saturated carbocycles. The van der Waals surface area contributed by atoms with Gasteiger partial charge in [-0.05, 0) is 35.0 Å². The number of phosphoric acid groups is 2. The molecular weight excluding hydrogens is 842 g/mol. The van der Waals surface area contributed by atoms with Crippen LogP contribution in [0.25, 0.3) is 10.8 Å². The minimum absolute atomic E-state index is 0. The van der Waals surface area contributed by atoms with Crippen LogP contribution in [0.3, 0.4) is 0 Å². The van der Waals surface area contributed by atoms with Gasteiger partial charge in [-0.15, -0.1) is 0 Å². The van der Waals surface area contributed by atoms with E-state index in [0.29, 0.717) is 11.1 Å². The molecule has 0 unspecified atom stereocenters. The number of aliphatic hydroxyl groups excluding tert-OH is 7. The third-order valence-corrected chi connectivity index (χ3v) is 9.39. The molecule has 2 aromatic carbocycles. The molecule has 14 atom stereocenters. The summed E-state index contributed by atoms with van der Waals surface area (Å²) in [5.74, 6) is 0.598. The molecular formula is C28H36Na4O22P2. The Hall–Kier alpha value is 2.04. The Labute approximate surface area is 407 Å². The fourth-order valence-corrected chi connectivity index (χ4v) is 6.61. The molecule has 3 fully saturated rings. The van der Waals surface area contributed by atoms with Crippen molar-refractivity contribution in [1.29, 1.82) is 0 Å². The SMILES string of the molecule is COc1ccc2ccc(O[C@@H]3OC[C@@H](O[C@@H]4O[C@H](COP(=O)([O-])[O-])[C@H](O)[C@H](O[C@@H]5O[C@H](CO)[C@H](O)[C@H](O)[C@H]5O)[C@H]4O)[C@H](O)[C@H]3OP(=O)([O-])[O-])cc2c1.[Na+].[Na+].[Na+].[Na+]. The predicted octanol–water partition coefficient (Wildman–Crippen LogP) is -18.0. The Morgan fingerprint density at radius 3 is 1.86 bits per heavy atom. The molecule has 0 amide bonds. The van der Waals surface area contributed by atoms with Crippen molar-refractivity contribution < 1.29 is 225 Å². The molecule has 2 aromatic rings. The summed E-state index contributed by atoms with van der Waals surface area (Å²) in [6, 6.07) is 9.80. The molecule has 0 aliphatic carbocycles. The van der Waals surface area contributed by atoms with Crippen molar-refractivity contribution in [1.82, 2.24) is 0 Å². The van der Waals surface area contributed by atoms with Gasteiger partial charge < -0.3 is 107 Å². The summed E-state index contributed by atoms with van der Waals surface area (Å²) in [5, 5.41) is 74.8. The Kier molecular flexibility index (Phi) is 24.2. The zero-order valence-electron chi connectivity index (χ0n) is 30.8. The normalized spacial score (nSPS) is 34.9. The van der Waals surface area contributed by atoms with Crippen LogP contribution in [0.4, 0.5) is 0 Å². The van der Waals surface area contributed by atoms with E-state index in [1.54, 1.807) is 24.3 Å². The molecule has 294 valence electrons. The largest absolute Gasteiger partial charge is 1.00 e. The number of methoxy groups -OCH3 is 1. The monoisotopic (exact) mass is 878 g/mol. The van der Waals surface area contributed by atoms with Crippen LogP contribution in [0.15, 0.2) is 36.4 Å². The van der Waals surface area contributed by atoms with E-state index in [4.69, 9.17) is 33.2 Å². The first-order valence-electron chi connectivity index (χ1n) is 15.4. The smallest absolute Gasteiger partial charge is 0.790 e. The van der Waals surface area contributed by atoms with Gasteiger partial charge in [-0.3, -0.25) is 0 Å². The van der Waals surface area contributed by atoms with Crippen molar-refractivity contribution in [2.75, 3.05) is 26.9 Å². The number of hydrogen-bond acceptors (Lipinski definition) is 22. The average Bonchev–Trinajstić information content (AvgIpc) is 3.08. The topological polar surface area (TPSA) is 351 Å². The van der Waals surface area contributed by atoms with Gasteiger partial charge in [-0.25, -0.2) is 0 Å². The van der Waals surface area contributed by atoms with E-state index in [1.165, 1.54) is 19.2 Å². The quantitative estimate of drug-likeness (QED) is 0.0725. The second-order valence-electron chi connectivity index (χ2n) is 11.9. The summed E-state index contributed by atoms with van der Waals surface area (Å²) in [5.41, 5.74) is 0. The van der Waals surface area contributed by atoms with Crippen LogP contribution in [0.2, 0.25) is 0 Å². The van der Waals surface area contributed by atoms with Gasteiger partial charge in [-0.1, -0.05) is 12.1 Å². The Balaban J connectivity index is 0.00000392. The van der Waals surface area contributed by atoms with Crippen LogP contribution in [0.1, 0.15) is 0 Å². The van der Waals surface area contributed by atoms with Gasteiger partial charge >= 0.3 is 118 Å². The molecule has 3 saturated heterocycles. The molecule has 3 heterocycles. The zero-order valence-corrected chi connectivity index (χ0v) is 40.6. The fourth-order valence-electron chi connectivity index (χ4n) is 5.76. The van der Waals surface area contributed by atoms with E-state index in [1.807, 2.05) is 0 Å². The van der Waals surface area contributed by atoms with Crippen LogP contribution in [0, 0.1) is 0 Å². The van der Waals surface area contributed by atoms with Crippen LogP contribution < -0.4 is 147 Å². The molecule has 0 bridgehead atoms. The van der Waals surface area contributed by atoms with Crippen molar-refractivity contribution >= 4 is 26.4 Å². The van der Waals surface area contributed by atoms with E-state index in [0.717, 1.165) is 5.39 Å². The summed E-state index contributed by atoms with van der Waals surface area (Å²) in [6.07, 6.45) is -27.2. The number of hydrogen-bond donors (Lipinski definition) is 7. The average molecular weight is 878 g/mol. The third kappa shape index (κ3) is 14.5. The first kappa shape index (κ1) is 56.1. The summed E-state index contributed by atoms with van der Waals surface area (Å²) in [7, 11) is -10.1. The van der Waals surface area contributed by atoms with Crippen molar-refractivity contribution in [3.05, 3.63) is 36.4 Å². The van der Waals surface area contributed by atoms with E-state index in [-0.39, 0.29) is 124 Å². The first-order valence-corrected chi connectivity index (χ1v) is 18.4. The fraction of sp³-hybridized carbons (Fsp3) is 0.643. The van der Waals surface area contributed by atoms with E-state index < -0.39 is 121 Å². The summed E-state index contributed by atoms with van der Waals surface area (Å²) in [4.78, 5) is 45.8. The molecule has 28 heteroatoms. The Morgan fingerprint density at radius 2 is 1.27 bits per heavy atom. The zero-order chi connectivity index (χ0) is 38.1. The van der Waals surface area contributed by atoms with Gasteiger partial charge in [0.05, 0.1) is 42.6 Å². The number of aliphatic hydroxyl groups is 7. The standard InChI is InChI=1S/C28H40O22P2.4Na/c1-42-13-4-2-11-3-5-14(7-12(11)6-13)45-28-25(50-52(39,40)41)20(32)16(9-43-28)47-27-23(35)24(19(31)17(48-27)10-44-51(36,37)38)49-26-22(34)21(33)18(30)15(8-29)46-26;;;;/h2-7,15-35H,8-10H2,1H3,(H2,36,37,38)(H2,39,40,41);;;;/q;4*+1/p-4/t15-,16-,17-,18+,19+,20+,21+,22-,23-,24+,25-,26+,27-,28+;;;;/m1..../s1. The van der Waals surface area contributed by atoms with Gasteiger partial charge in [0.15, 0.2) is 18.7 Å². The minimum Gasteiger partial charge on any atom is -0.790 e. The number of ether oxygens (including phenoxy) is 7. The molecule has 0 spiro atoms. The van der Waals surface area contributed by atoms with Crippen LogP contribution >= 0.6 is 15.6 Å². The number of fused-ring (bicyclic) bond motifs is 1. The number of benzene rings is 2. The number of rotatable bonds is 13. The molecule has 5 rings (SSSR count). The number of phosphoric ester groups is 2. The minimum atomic E-state index is -5.86. The van der Waals surface area contributed by atoms with Crippen LogP contribution in [-0.4, -0.2) is 149 Å². The summed E-state index contributed by atoms with van der Waals surface area (Å²) in [6.45, 7) is -2.73. The van der Waals surface area contributed by atoms with Crippen molar-refractivity contribution in [3.8, 4) is 11.5 Å².